The van der Waals surface area contributed by atoms with E-state index in [0.29, 0.717) is 0 Å². The molecule has 0 aliphatic rings. The van der Waals surface area contributed by atoms with Crippen molar-refractivity contribution in [2.75, 3.05) is 18.5 Å². The van der Waals surface area contributed by atoms with Gasteiger partial charge in [-0.2, -0.15) is 0 Å². The molecule has 19 heavy (non-hydrogen) atoms. The highest BCUT2D eigenvalue weighted by Gasteiger charge is 2.14. The van der Waals surface area contributed by atoms with Gasteiger partial charge in [0.25, 0.3) is 0 Å². The summed E-state index contributed by atoms with van der Waals surface area (Å²) in [5.74, 6) is 0.827. The van der Waals surface area contributed by atoms with E-state index in [0.717, 1.165) is 5.92 Å². The van der Waals surface area contributed by atoms with Crippen LogP contribution in [0, 0.1) is 5.92 Å². The van der Waals surface area contributed by atoms with Gasteiger partial charge in [-0.1, -0.05) is 33.1 Å². The van der Waals surface area contributed by atoms with Gasteiger partial charge < -0.3 is 4.90 Å². The van der Waals surface area contributed by atoms with E-state index in [2.05, 4.69) is 53.2 Å². The fraction of sp³-hybridized carbons (Fsp3) is 0.600. The van der Waals surface area contributed by atoms with Crippen molar-refractivity contribution < 1.29 is 0 Å². The minimum atomic E-state index is 0.827. The topological polar surface area (TPSA) is 3.24 Å². The molecule has 0 amide bonds. The summed E-state index contributed by atoms with van der Waals surface area (Å²) in [4.78, 5) is 2.44. The Bertz CT molecular complexity index is 517. The molecule has 0 fully saturated rings. The van der Waals surface area contributed by atoms with Crippen molar-refractivity contribution in [3.8, 4) is 0 Å². The van der Waals surface area contributed by atoms with Gasteiger partial charge in [0, 0.05) is 28.1 Å². The molecule has 0 saturated heterocycles. The SMILES string of the molecule is CCCCC(CC)CN(C)c1cc2scc(Br)c2s1. The van der Waals surface area contributed by atoms with Crippen molar-refractivity contribution in [1.29, 1.82) is 0 Å². The first-order valence-electron chi connectivity index (χ1n) is 7.03. The van der Waals surface area contributed by atoms with E-state index in [-0.39, 0.29) is 0 Å². The van der Waals surface area contributed by atoms with Crippen LogP contribution in [0.4, 0.5) is 5.00 Å². The van der Waals surface area contributed by atoms with E-state index in [4.69, 9.17) is 0 Å². The van der Waals surface area contributed by atoms with Crippen molar-refractivity contribution in [2.24, 2.45) is 5.92 Å². The van der Waals surface area contributed by atoms with Gasteiger partial charge in [-0.25, -0.2) is 0 Å². The summed E-state index contributed by atoms with van der Waals surface area (Å²) in [7, 11) is 2.23. The second-order valence-corrected chi connectivity index (χ2v) is 7.95. The van der Waals surface area contributed by atoms with E-state index in [9.17, 15) is 0 Å². The summed E-state index contributed by atoms with van der Waals surface area (Å²) in [6.45, 7) is 5.78. The molecule has 1 nitrogen and oxygen atoms in total. The number of rotatable bonds is 7. The molecule has 1 unspecified atom stereocenters. The molecule has 2 heterocycles. The lowest BCUT2D eigenvalue weighted by atomic mass is 9.99. The van der Waals surface area contributed by atoms with Gasteiger partial charge in [0.05, 0.1) is 9.70 Å². The number of thiophene rings is 2. The zero-order valence-electron chi connectivity index (χ0n) is 11.9. The normalized spacial score (nSPS) is 13.1. The molecule has 2 aromatic rings. The van der Waals surface area contributed by atoms with Gasteiger partial charge in [0.1, 0.15) is 0 Å². The fourth-order valence-electron chi connectivity index (χ4n) is 2.37. The van der Waals surface area contributed by atoms with Crippen LogP contribution in [0.3, 0.4) is 0 Å². The van der Waals surface area contributed by atoms with Gasteiger partial charge in [0.15, 0.2) is 0 Å². The van der Waals surface area contributed by atoms with E-state index in [1.165, 1.54) is 51.1 Å². The third-order valence-electron chi connectivity index (χ3n) is 3.64. The summed E-state index contributed by atoms with van der Waals surface area (Å²) < 4.78 is 4.05. The number of nitrogens with zero attached hydrogens (tertiary/aromatic N) is 1. The maximum absolute atomic E-state index is 3.63. The Balaban J connectivity index is 2.03. The molecule has 0 bridgehead atoms. The Morgan fingerprint density at radius 2 is 2.16 bits per heavy atom. The van der Waals surface area contributed by atoms with Gasteiger partial charge in [-0.3, -0.25) is 0 Å². The summed E-state index contributed by atoms with van der Waals surface area (Å²) in [5, 5.41) is 3.58. The number of unbranched alkanes of at least 4 members (excludes halogenated alkanes) is 1. The highest BCUT2D eigenvalue weighted by molar-refractivity contribution is 9.10. The molecule has 0 saturated carbocycles. The number of anilines is 1. The van der Waals surface area contributed by atoms with E-state index < -0.39 is 0 Å². The highest BCUT2D eigenvalue weighted by Crippen LogP contribution is 2.40. The smallest absolute Gasteiger partial charge is 0.0927 e. The van der Waals surface area contributed by atoms with E-state index >= 15 is 0 Å². The van der Waals surface area contributed by atoms with Crippen LogP contribution in [0.15, 0.2) is 15.9 Å². The summed E-state index contributed by atoms with van der Waals surface area (Å²) in [5.41, 5.74) is 0. The largest absolute Gasteiger partial charge is 0.366 e. The fourth-order valence-corrected chi connectivity index (χ4v) is 5.33. The Hall–Kier alpha value is -0.0600. The van der Waals surface area contributed by atoms with Crippen LogP contribution in [-0.2, 0) is 0 Å². The summed E-state index contributed by atoms with van der Waals surface area (Å²) in [6, 6.07) is 2.34. The predicted molar refractivity (Wildman–Crippen MR) is 94.0 cm³/mol. The van der Waals surface area contributed by atoms with Crippen molar-refractivity contribution in [3.05, 3.63) is 15.9 Å². The maximum Gasteiger partial charge on any atom is 0.0927 e. The van der Waals surface area contributed by atoms with E-state index in [1.54, 1.807) is 0 Å². The third kappa shape index (κ3) is 3.73. The average Bonchev–Trinajstić information content (AvgIpc) is 2.97. The van der Waals surface area contributed by atoms with Gasteiger partial charge in [0.2, 0.25) is 0 Å². The predicted octanol–water partition coefficient (Wildman–Crippen LogP) is 6.38. The Kier molecular flexibility index (Phi) is 5.72. The number of halogens is 1. The van der Waals surface area contributed by atoms with Gasteiger partial charge >= 0.3 is 0 Å². The third-order valence-corrected chi connectivity index (χ3v) is 7.18. The molecule has 0 aromatic carbocycles. The molecule has 106 valence electrons. The monoisotopic (exact) mass is 359 g/mol. The number of hydrogen-bond acceptors (Lipinski definition) is 3. The summed E-state index contributed by atoms with van der Waals surface area (Å²) in [6.07, 6.45) is 5.31. The van der Waals surface area contributed by atoms with Crippen LogP contribution in [-0.4, -0.2) is 13.6 Å². The molecule has 4 heteroatoms. The molecule has 0 spiro atoms. The van der Waals surface area contributed by atoms with Crippen molar-refractivity contribution >= 4 is 53.0 Å². The lowest BCUT2D eigenvalue weighted by molar-refractivity contribution is 0.454. The highest BCUT2D eigenvalue weighted by atomic mass is 79.9. The number of hydrogen-bond donors (Lipinski definition) is 0. The number of fused-ring (bicyclic) bond motifs is 1. The standard InChI is InChI=1S/C15H22BrNS2/c1-4-6-7-11(5-2)9-17(3)14-8-13-15(19-14)12(16)10-18-13/h8,10-11H,4-7,9H2,1-3H3. The van der Waals surface area contributed by atoms with Crippen molar-refractivity contribution in [2.45, 2.75) is 39.5 Å². The lowest BCUT2D eigenvalue weighted by Crippen LogP contribution is -2.24. The molecule has 2 aromatic heterocycles. The minimum Gasteiger partial charge on any atom is -0.366 e. The molecule has 2 rings (SSSR count). The Labute approximate surface area is 132 Å². The zero-order chi connectivity index (χ0) is 13.8. The van der Waals surface area contributed by atoms with Crippen molar-refractivity contribution in [3.63, 3.8) is 0 Å². The van der Waals surface area contributed by atoms with Crippen LogP contribution in [0.2, 0.25) is 0 Å². The minimum absolute atomic E-state index is 0.827. The van der Waals surface area contributed by atoms with Crippen LogP contribution < -0.4 is 4.90 Å². The first kappa shape index (κ1) is 15.3. The molecule has 1 atom stereocenters. The van der Waals surface area contributed by atoms with Crippen LogP contribution in [0.5, 0.6) is 0 Å². The maximum atomic E-state index is 3.63. The van der Waals surface area contributed by atoms with Crippen molar-refractivity contribution in [1.82, 2.24) is 0 Å². The second-order valence-electron chi connectivity index (χ2n) is 5.16. The molecule has 0 aliphatic heterocycles. The van der Waals surface area contributed by atoms with E-state index in [1.807, 2.05) is 22.7 Å². The summed E-state index contributed by atoms with van der Waals surface area (Å²) >= 11 is 7.36. The van der Waals surface area contributed by atoms with Gasteiger partial charge in [-0.05, 0) is 34.3 Å². The van der Waals surface area contributed by atoms with Crippen LogP contribution in [0.25, 0.3) is 9.40 Å². The Morgan fingerprint density at radius 1 is 1.37 bits per heavy atom. The molecular weight excluding hydrogens is 338 g/mol. The first-order chi connectivity index (χ1) is 9.15. The average molecular weight is 360 g/mol. The first-order valence-corrected chi connectivity index (χ1v) is 9.52. The van der Waals surface area contributed by atoms with Crippen LogP contribution in [0.1, 0.15) is 39.5 Å². The molecular formula is C15H22BrNS2. The molecule has 0 radical (unpaired) electrons. The lowest BCUT2D eigenvalue weighted by Gasteiger charge is -2.23. The molecule has 0 N–H and O–H groups in total. The second kappa shape index (κ2) is 7.09. The van der Waals surface area contributed by atoms with Gasteiger partial charge in [-0.15, -0.1) is 22.7 Å². The Morgan fingerprint density at radius 3 is 2.79 bits per heavy atom. The quantitative estimate of drug-likeness (QED) is 0.554. The molecule has 0 aliphatic carbocycles. The zero-order valence-corrected chi connectivity index (χ0v) is 15.1. The van der Waals surface area contributed by atoms with Crippen LogP contribution >= 0.6 is 38.6 Å².